The lowest BCUT2D eigenvalue weighted by atomic mass is 10.0. The fraction of sp³-hybridized carbons (Fsp3) is 0.0526. The minimum atomic E-state index is -0.208. The lowest BCUT2D eigenvalue weighted by molar-refractivity contribution is 1.12. The van der Waals surface area contributed by atoms with E-state index < -0.39 is 0 Å². The van der Waals surface area contributed by atoms with Crippen molar-refractivity contribution in [1.82, 2.24) is 19.9 Å². The average Bonchev–Trinajstić information content (AvgIpc) is 3.10. The van der Waals surface area contributed by atoms with Gasteiger partial charge in [-0.2, -0.15) is 5.26 Å². The second kappa shape index (κ2) is 6.18. The first kappa shape index (κ1) is 15.6. The fourth-order valence-corrected chi connectivity index (χ4v) is 2.84. The molecule has 2 N–H and O–H groups in total. The van der Waals surface area contributed by atoms with Crippen LogP contribution >= 0.6 is 0 Å². The van der Waals surface area contributed by atoms with Crippen molar-refractivity contribution in [2.45, 2.75) is 0 Å². The third kappa shape index (κ3) is 2.70. The molecule has 0 saturated carbocycles. The normalized spacial score (nSPS) is 10.6. The number of fused-ring (bicyclic) bond motifs is 1. The predicted molar refractivity (Wildman–Crippen MR) is 99.4 cm³/mol. The summed E-state index contributed by atoms with van der Waals surface area (Å²) in [5.41, 5.74) is 4.57. The molecule has 0 amide bonds. The molecule has 0 aliphatic carbocycles. The summed E-state index contributed by atoms with van der Waals surface area (Å²) in [5, 5.41) is 9.95. The number of anilines is 1. The van der Waals surface area contributed by atoms with E-state index in [2.05, 4.69) is 26.1 Å². The molecule has 0 saturated heterocycles. The van der Waals surface area contributed by atoms with Crippen LogP contribution in [0.4, 0.5) is 5.69 Å². The number of nitriles is 1. The number of aromatic amines is 2. The topological polar surface area (TPSA) is 101 Å². The van der Waals surface area contributed by atoms with Crippen molar-refractivity contribution < 1.29 is 0 Å². The molecule has 7 nitrogen and oxygen atoms in total. The number of nitrogens with one attached hydrogen (secondary N) is 2. The Kier molecular flexibility index (Phi) is 3.71. The summed E-state index contributed by atoms with van der Waals surface area (Å²) in [7, 11) is 1.71. The van der Waals surface area contributed by atoms with Crippen LogP contribution in [-0.2, 0) is 0 Å². The molecule has 3 aromatic heterocycles. The Balaban J connectivity index is 1.85. The van der Waals surface area contributed by atoms with Gasteiger partial charge in [0.2, 0.25) is 0 Å². The lowest BCUT2D eigenvalue weighted by Gasteiger charge is -2.10. The number of rotatable bonds is 3. The number of pyridine rings is 1. The third-order valence-electron chi connectivity index (χ3n) is 4.20. The van der Waals surface area contributed by atoms with Crippen molar-refractivity contribution in [3.05, 3.63) is 65.5 Å². The molecular weight excluding hydrogens is 328 g/mol. The Morgan fingerprint density at radius 1 is 1.12 bits per heavy atom. The Morgan fingerprint density at radius 3 is 2.81 bits per heavy atom. The van der Waals surface area contributed by atoms with Crippen molar-refractivity contribution in [2.75, 3.05) is 11.9 Å². The van der Waals surface area contributed by atoms with Gasteiger partial charge in [-0.1, -0.05) is 12.1 Å². The van der Waals surface area contributed by atoms with Gasteiger partial charge in [0, 0.05) is 42.0 Å². The maximum Gasteiger partial charge on any atom is 0.251 e. The Morgan fingerprint density at radius 2 is 2.00 bits per heavy atom. The first-order valence-corrected chi connectivity index (χ1v) is 7.92. The van der Waals surface area contributed by atoms with E-state index >= 15 is 0 Å². The summed E-state index contributed by atoms with van der Waals surface area (Å²) in [4.78, 5) is 27.4. The number of hydrogen-bond donors (Lipinski definition) is 2. The van der Waals surface area contributed by atoms with Gasteiger partial charge < -0.3 is 9.97 Å². The van der Waals surface area contributed by atoms with E-state index in [9.17, 15) is 4.79 Å². The fourth-order valence-electron chi connectivity index (χ4n) is 2.84. The van der Waals surface area contributed by atoms with E-state index in [0.29, 0.717) is 5.69 Å². The molecule has 126 valence electrons. The number of H-pyrrole nitrogens is 2. The molecule has 0 bridgehead atoms. The van der Waals surface area contributed by atoms with E-state index in [-0.39, 0.29) is 5.56 Å². The van der Waals surface area contributed by atoms with Gasteiger partial charge in [0.05, 0.1) is 17.7 Å². The molecule has 4 rings (SSSR count). The van der Waals surface area contributed by atoms with Gasteiger partial charge in [-0.25, -0.2) is 9.97 Å². The van der Waals surface area contributed by atoms with E-state index in [1.807, 2.05) is 30.3 Å². The molecule has 1 aromatic carbocycles. The quantitative estimate of drug-likeness (QED) is 0.440. The maximum atomic E-state index is 11.6. The van der Waals surface area contributed by atoms with Crippen LogP contribution in [0.5, 0.6) is 0 Å². The molecule has 0 aliphatic rings. The summed E-state index contributed by atoms with van der Waals surface area (Å²) in [6.45, 7) is 0. The maximum absolute atomic E-state index is 11.6. The van der Waals surface area contributed by atoms with Crippen LogP contribution in [0.25, 0.3) is 33.4 Å². The van der Waals surface area contributed by atoms with Gasteiger partial charge in [-0.05, 0) is 23.8 Å². The largest absolute Gasteiger partial charge is 0.345 e. The molecule has 3 heterocycles. The molecule has 0 atom stereocenters. The number of hydrogen-bond acceptors (Lipinski definition) is 5. The molecule has 0 unspecified atom stereocenters. The summed E-state index contributed by atoms with van der Waals surface area (Å²) >= 11 is 0. The van der Waals surface area contributed by atoms with Gasteiger partial charge in [-0.15, -0.1) is 0 Å². The molecule has 0 fully saturated rings. The van der Waals surface area contributed by atoms with Crippen LogP contribution < -0.4 is 10.5 Å². The highest BCUT2D eigenvalue weighted by Gasteiger charge is 2.11. The number of benzene rings is 1. The summed E-state index contributed by atoms with van der Waals surface area (Å²) < 4.78 is 0. The molecule has 0 spiro atoms. The van der Waals surface area contributed by atoms with Gasteiger partial charge in [0.15, 0.2) is 6.19 Å². The first-order valence-electron chi connectivity index (χ1n) is 7.92. The third-order valence-corrected chi connectivity index (χ3v) is 4.20. The van der Waals surface area contributed by atoms with Gasteiger partial charge >= 0.3 is 0 Å². The summed E-state index contributed by atoms with van der Waals surface area (Å²) in [5.74, 6) is 0. The molecule has 0 aliphatic heterocycles. The average molecular weight is 342 g/mol. The molecular formula is C19H14N6O. The molecule has 26 heavy (non-hydrogen) atoms. The van der Waals surface area contributed by atoms with Crippen LogP contribution in [0.2, 0.25) is 0 Å². The van der Waals surface area contributed by atoms with E-state index in [4.69, 9.17) is 5.26 Å². The van der Waals surface area contributed by atoms with Crippen molar-refractivity contribution in [1.29, 1.82) is 5.26 Å². The van der Waals surface area contributed by atoms with Gasteiger partial charge in [0.25, 0.3) is 5.56 Å². The lowest BCUT2D eigenvalue weighted by Crippen LogP contribution is -2.07. The zero-order valence-corrected chi connectivity index (χ0v) is 13.9. The van der Waals surface area contributed by atoms with Gasteiger partial charge in [-0.3, -0.25) is 9.69 Å². The smallest absolute Gasteiger partial charge is 0.251 e. The first-order chi connectivity index (χ1) is 12.7. The predicted octanol–water partition coefficient (Wildman–Crippen LogP) is 2.90. The second-order valence-electron chi connectivity index (χ2n) is 5.83. The van der Waals surface area contributed by atoms with Crippen LogP contribution in [0, 0.1) is 11.5 Å². The molecule has 4 aromatic rings. The van der Waals surface area contributed by atoms with Crippen LogP contribution in [0.1, 0.15) is 0 Å². The highest BCUT2D eigenvalue weighted by atomic mass is 16.1. The van der Waals surface area contributed by atoms with Crippen LogP contribution in [0.15, 0.2) is 59.9 Å². The minimum Gasteiger partial charge on any atom is -0.345 e. The number of aromatic nitrogens is 4. The molecule has 7 heteroatoms. The summed E-state index contributed by atoms with van der Waals surface area (Å²) in [6, 6.07) is 11.1. The van der Waals surface area contributed by atoms with E-state index in [1.54, 1.807) is 19.4 Å². The molecule has 0 radical (unpaired) electrons. The van der Waals surface area contributed by atoms with Crippen molar-refractivity contribution >= 4 is 16.7 Å². The zero-order valence-electron chi connectivity index (χ0n) is 13.9. The van der Waals surface area contributed by atoms with Crippen molar-refractivity contribution in [2.24, 2.45) is 0 Å². The van der Waals surface area contributed by atoms with Crippen molar-refractivity contribution in [3.63, 3.8) is 0 Å². The van der Waals surface area contributed by atoms with Crippen LogP contribution in [0.3, 0.4) is 0 Å². The van der Waals surface area contributed by atoms with E-state index in [0.717, 1.165) is 33.4 Å². The summed E-state index contributed by atoms with van der Waals surface area (Å²) in [6.07, 6.45) is 7.05. The standard InChI is InChI=1S/C19H14N6O/c1-25(10-20)14-4-2-3-12(5-14)13-6-15-16(9-22-19(15)21-8-13)17-7-18(26)24-11-23-17/h2-9,11H,1H3,(H,21,22)(H,23,24,26). The monoisotopic (exact) mass is 342 g/mol. The van der Waals surface area contributed by atoms with Crippen molar-refractivity contribution in [3.8, 4) is 28.6 Å². The van der Waals surface area contributed by atoms with Crippen LogP contribution in [-0.4, -0.2) is 27.0 Å². The van der Waals surface area contributed by atoms with Gasteiger partial charge in [0.1, 0.15) is 5.65 Å². The zero-order chi connectivity index (χ0) is 18.1. The second-order valence-corrected chi connectivity index (χ2v) is 5.83. The Bertz CT molecular complexity index is 1200. The number of nitrogens with zero attached hydrogens (tertiary/aromatic N) is 4. The Labute approximate surface area is 148 Å². The SMILES string of the molecule is CN(C#N)c1cccc(-c2cnc3[nH]cc(-c4cc(=O)[nH]cn4)c3c2)c1. The highest BCUT2D eigenvalue weighted by molar-refractivity contribution is 5.95. The van der Waals surface area contributed by atoms with E-state index in [1.165, 1.54) is 17.3 Å². The Hall–Kier alpha value is -3.92. The highest BCUT2D eigenvalue weighted by Crippen LogP contribution is 2.30. The minimum absolute atomic E-state index is 0.208.